The van der Waals surface area contributed by atoms with Crippen LogP contribution in [0.25, 0.3) is 50.8 Å². The van der Waals surface area contributed by atoms with E-state index in [0.29, 0.717) is 5.92 Å². The fraction of sp³-hybridized carbons (Fsp3) is 0.217. The number of nitrogens with two attached hydrogens (primary N) is 1. The number of nitrogens with zero attached hydrogens (tertiary/aromatic N) is 2. The molecule has 5 heteroatoms. The van der Waals surface area contributed by atoms with E-state index in [-0.39, 0.29) is 0 Å². The molecule has 3 aliphatic carbocycles. The Hall–Kier alpha value is -5.10. The van der Waals surface area contributed by atoms with E-state index in [0.717, 1.165) is 63.8 Å². The number of benzene rings is 4. The number of fused-ring (bicyclic) bond motifs is 7. The number of anilines is 1. The summed E-state index contributed by atoms with van der Waals surface area (Å²) in [4.78, 5) is 2.69. The van der Waals surface area contributed by atoms with Gasteiger partial charge >= 0.3 is 0 Å². The molecular weight excluding hydrogens is 641 g/mol. The smallest absolute Gasteiger partial charge is 0.0734 e. The van der Waals surface area contributed by atoms with Crippen molar-refractivity contribution < 1.29 is 0 Å². The Balaban J connectivity index is 0.980. The molecule has 4 nitrogen and oxygen atoms in total. The lowest BCUT2D eigenvalue weighted by Crippen LogP contribution is -2.19. The van der Waals surface area contributed by atoms with Crippen LogP contribution >= 0.6 is 11.3 Å². The summed E-state index contributed by atoms with van der Waals surface area (Å²) >= 11 is 1.88. The quantitative estimate of drug-likeness (QED) is 0.176. The van der Waals surface area contributed by atoms with Crippen molar-refractivity contribution >= 4 is 51.0 Å². The Morgan fingerprint density at radius 3 is 2.49 bits per heavy atom. The molecule has 51 heavy (non-hydrogen) atoms. The van der Waals surface area contributed by atoms with Gasteiger partial charge in [0, 0.05) is 49.7 Å². The van der Waals surface area contributed by atoms with Gasteiger partial charge in [0.2, 0.25) is 0 Å². The second-order valence-corrected chi connectivity index (χ2v) is 15.6. The molecule has 0 aliphatic heterocycles. The van der Waals surface area contributed by atoms with Gasteiger partial charge in [-0.2, -0.15) is 0 Å². The van der Waals surface area contributed by atoms with Crippen LogP contribution in [0.2, 0.25) is 0 Å². The van der Waals surface area contributed by atoms with E-state index in [9.17, 15) is 0 Å². The minimum atomic E-state index is 0.478. The van der Waals surface area contributed by atoms with Crippen LogP contribution < -0.4 is 11.1 Å². The van der Waals surface area contributed by atoms with Crippen LogP contribution in [0.15, 0.2) is 109 Å². The van der Waals surface area contributed by atoms with Gasteiger partial charge in [-0.05, 0) is 109 Å². The predicted molar refractivity (Wildman–Crippen MR) is 216 cm³/mol. The van der Waals surface area contributed by atoms with Crippen molar-refractivity contribution in [3.05, 3.63) is 153 Å². The molecule has 3 N–H and O–H groups in total. The summed E-state index contributed by atoms with van der Waals surface area (Å²) in [6, 6.07) is 36.2. The maximum Gasteiger partial charge on any atom is 0.0734 e. The zero-order valence-corrected chi connectivity index (χ0v) is 29.7. The first-order chi connectivity index (χ1) is 25.2. The maximum absolute atomic E-state index is 6.62. The van der Waals surface area contributed by atoms with Gasteiger partial charge in [-0.25, -0.2) is 0 Å². The van der Waals surface area contributed by atoms with E-state index >= 15 is 0 Å². The number of allylic oxidation sites excluding steroid dienone is 2. The maximum atomic E-state index is 6.62. The Kier molecular flexibility index (Phi) is 7.58. The van der Waals surface area contributed by atoms with E-state index in [1.165, 1.54) is 82.0 Å². The fourth-order valence-electron chi connectivity index (χ4n) is 9.06. The predicted octanol–water partition coefficient (Wildman–Crippen LogP) is 10.8. The highest BCUT2D eigenvalue weighted by atomic mass is 32.1. The molecule has 4 aromatic carbocycles. The first-order valence-corrected chi connectivity index (χ1v) is 19.4. The van der Waals surface area contributed by atoms with E-state index < -0.39 is 0 Å². The molecule has 0 amide bonds. The van der Waals surface area contributed by atoms with Crippen LogP contribution in [0.4, 0.5) is 5.69 Å². The third kappa shape index (κ3) is 5.21. The molecule has 10 rings (SSSR count). The zero-order valence-electron chi connectivity index (χ0n) is 28.9. The summed E-state index contributed by atoms with van der Waals surface area (Å²) in [5.41, 5.74) is 22.5. The Morgan fingerprint density at radius 2 is 1.57 bits per heavy atom. The van der Waals surface area contributed by atoms with Gasteiger partial charge in [0.05, 0.1) is 23.4 Å². The topological polar surface area (TPSA) is 47.9 Å². The number of thiophene rings is 1. The van der Waals surface area contributed by atoms with Crippen molar-refractivity contribution in [1.82, 2.24) is 14.5 Å². The van der Waals surface area contributed by atoms with Gasteiger partial charge in [0.1, 0.15) is 0 Å². The van der Waals surface area contributed by atoms with Gasteiger partial charge in [0.25, 0.3) is 0 Å². The lowest BCUT2D eigenvalue weighted by molar-refractivity contribution is 0.566. The normalized spacial score (nSPS) is 16.4. The Bertz CT molecular complexity index is 2510. The first-order valence-electron chi connectivity index (χ1n) is 18.6. The van der Waals surface area contributed by atoms with Gasteiger partial charge in [-0.3, -0.25) is 5.32 Å². The molecule has 0 saturated carbocycles. The van der Waals surface area contributed by atoms with Gasteiger partial charge in [-0.1, -0.05) is 91.0 Å². The molecule has 0 fully saturated rings. The Labute approximate surface area is 303 Å². The minimum Gasteiger partial charge on any atom is -0.397 e. The summed E-state index contributed by atoms with van der Waals surface area (Å²) in [7, 11) is 0. The lowest BCUT2D eigenvalue weighted by atomic mass is 9.81. The summed E-state index contributed by atoms with van der Waals surface area (Å²) < 4.78 is 5.06. The van der Waals surface area contributed by atoms with Crippen LogP contribution in [0, 0.1) is 0 Å². The van der Waals surface area contributed by atoms with Crippen molar-refractivity contribution in [2.24, 2.45) is 0 Å². The number of nitrogen functional groups attached to an aromatic ring is 1. The summed E-state index contributed by atoms with van der Waals surface area (Å²) in [5, 5.41) is 6.59. The number of nitrogens with one attached hydrogen (secondary N) is 1. The van der Waals surface area contributed by atoms with Crippen molar-refractivity contribution in [2.45, 2.75) is 64.1 Å². The van der Waals surface area contributed by atoms with Gasteiger partial charge in [-0.15, -0.1) is 11.3 Å². The van der Waals surface area contributed by atoms with Crippen molar-refractivity contribution in [3.63, 3.8) is 0 Å². The molecule has 3 heterocycles. The number of rotatable bonds is 7. The van der Waals surface area contributed by atoms with Crippen LogP contribution in [0.5, 0.6) is 0 Å². The van der Waals surface area contributed by atoms with E-state index in [1.807, 2.05) is 11.3 Å². The molecule has 0 bridgehead atoms. The second kappa shape index (κ2) is 12.6. The van der Waals surface area contributed by atoms with Crippen LogP contribution in [-0.2, 0) is 38.9 Å². The fourth-order valence-corrected chi connectivity index (χ4v) is 10.3. The highest BCUT2D eigenvalue weighted by molar-refractivity contribution is 7.12. The molecule has 3 aliphatic rings. The largest absolute Gasteiger partial charge is 0.397 e. The zero-order chi connectivity index (χ0) is 33.9. The Morgan fingerprint density at radius 1 is 0.745 bits per heavy atom. The number of aromatic nitrogens is 2. The SMILES string of the molecule is Nc1c(CNCn2c3c(c4ccc(C5CCc6c(c7ccccc7n6-c6cccc(-c7ccccc7)c6)C5)cc42)CCC=C3)sc2c1C=CCC2. The molecule has 0 saturated heterocycles. The highest BCUT2D eigenvalue weighted by Gasteiger charge is 2.28. The summed E-state index contributed by atoms with van der Waals surface area (Å²) in [6.07, 6.45) is 16.8. The van der Waals surface area contributed by atoms with E-state index in [2.05, 4.69) is 136 Å². The average molecular weight is 683 g/mol. The molecule has 252 valence electrons. The minimum absolute atomic E-state index is 0.478. The standard InChI is InChI=1S/C46H42N4S/c47-46-38-17-6-9-20-44(38)51-45(46)28-48-29-49-40-18-7-4-15-35(40)37-23-21-33(27-43(37)49)32-22-24-42-39(26-32)36-16-5-8-19-41(36)50(42)34-14-10-13-31(25-34)30-11-2-1-3-12-30/h1-3,5-8,10-14,16-19,21,23,25,27,32,48H,4,9,15,20,22,24,26,28-29,47H2. The van der Waals surface area contributed by atoms with Crippen molar-refractivity contribution in [1.29, 1.82) is 0 Å². The van der Waals surface area contributed by atoms with Gasteiger partial charge in [0.15, 0.2) is 0 Å². The first kappa shape index (κ1) is 30.7. The molecule has 0 radical (unpaired) electrons. The summed E-state index contributed by atoms with van der Waals surface area (Å²) in [6.45, 7) is 1.56. The van der Waals surface area contributed by atoms with E-state index in [1.54, 1.807) is 0 Å². The number of hydrogen-bond acceptors (Lipinski definition) is 3. The molecule has 7 aromatic rings. The molecule has 1 unspecified atom stereocenters. The average Bonchev–Trinajstić information content (AvgIpc) is 3.81. The van der Waals surface area contributed by atoms with Crippen molar-refractivity contribution in [3.8, 4) is 16.8 Å². The summed E-state index contributed by atoms with van der Waals surface area (Å²) in [5.74, 6) is 0.478. The van der Waals surface area contributed by atoms with Gasteiger partial charge < -0.3 is 14.9 Å². The molecule has 0 spiro atoms. The molecule has 3 aromatic heterocycles. The monoisotopic (exact) mass is 682 g/mol. The van der Waals surface area contributed by atoms with Crippen LogP contribution in [-0.4, -0.2) is 9.13 Å². The van der Waals surface area contributed by atoms with Crippen molar-refractivity contribution in [2.75, 3.05) is 5.73 Å². The van der Waals surface area contributed by atoms with Crippen LogP contribution in [0.1, 0.15) is 68.6 Å². The third-order valence-corrected chi connectivity index (χ3v) is 12.8. The molecular formula is C46H42N4S. The lowest BCUT2D eigenvalue weighted by Gasteiger charge is -2.25. The third-order valence-electron chi connectivity index (χ3n) is 11.5. The highest BCUT2D eigenvalue weighted by Crippen LogP contribution is 2.42. The number of hydrogen-bond donors (Lipinski definition) is 2. The molecule has 1 atom stereocenters. The number of para-hydroxylation sites is 1. The second-order valence-electron chi connectivity index (χ2n) is 14.4. The van der Waals surface area contributed by atoms with E-state index in [4.69, 9.17) is 5.73 Å². The van der Waals surface area contributed by atoms with Crippen LogP contribution in [0.3, 0.4) is 0 Å². The number of aryl methyl sites for hydroxylation is 2.